The van der Waals surface area contributed by atoms with Crippen molar-refractivity contribution in [2.45, 2.75) is 0 Å². The van der Waals surface area contributed by atoms with Crippen LogP contribution in [0.15, 0.2) is 53.3 Å². The minimum absolute atomic E-state index is 0.0992. The summed E-state index contributed by atoms with van der Waals surface area (Å²) in [6.45, 7) is -0.504. The van der Waals surface area contributed by atoms with Crippen molar-refractivity contribution in [1.29, 1.82) is 0 Å². The topological polar surface area (TPSA) is 101 Å². The maximum atomic E-state index is 12.4. The monoisotopic (exact) mass is 698 g/mol. The Bertz CT molecular complexity index is 1150. The Hall–Kier alpha value is -1.44. The second-order valence-corrected chi connectivity index (χ2v) is 9.47. The molecule has 1 aromatic heterocycles. The highest BCUT2D eigenvalue weighted by Gasteiger charge is 2.15. The molecule has 0 aliphatic rings. The number of nitrogens with zero attached hydrogens (tertiary/aromatic N) is 1. The number of aliphatic carboxylic acids is 1. The summed E-state index contributed by atoms with van der Waals surface area (Å²) in [5.41, 5.74) is 3.44. The number of carboxylic acid groups (broad SMARTS) is 1. The molecule has 0 aliphatic heterocycles. The van der Waals surface area contributed by atoms with Crippen LogP contribution < -0.4 is 10.2 Å². The van der Waals surface area contributed by atoms with E-state index in [2.05, 4.69) is 80.9 Å². The van der Waals surface area contributed by atoms with Gasteiger partial charge in [-0.25, -0.2) is 10.2 Å². The normalized spacial score (nSPS) is 11.2. The Morgan fingerprint density at radius 1 is 1.17 bits per heavy atom. The molecular weight excluding hydrogens is 691 g/mol. The number of halogens is 4. The Kier molecular flexibility index (Phi) is 7.35. The number of ether oxygens (including phenoxy) is 1. The van der Waals surface area contributed by atoms with Crippen LogP contribution >= 0.6 is 70.4 Å². The lowest BCUT2D eigenvalue weighted by Crippen LogP contribution is -2.17. The van der Waals surface area contributed by atoms with Crippen molar-refractivity contribution in [3.63, 3.8) is 0 Å². The summed E-state index contributed by atoms with van der Waals surface area (Å²) in [5, 5.41) is 13.5. The van der Waals surface area contributed by atoms with Crippen LogP contribution in [0, 0.1) is 3.57 Å². The third-order valence-electron chi connectivity index (χ3n) is 3.51. The molecule has 0 bridgehead atoms. The lowest BCUT2D eigenvalue weighted by molar-refractivity contribution is -0.139. The number of amides is 1. The van der Waals surface area contributed by atoms with Gasteiger partial charge in [0.2, 0.25) is 0 Å². The van der Waals surface area contributed by atoms with Gasteiger partial charge in [0.15, 0.2) is 12.4 Å². The van der Waals surface area contributed by atoms with Crippen LogP contribution in [0.5, 0.6) is 5.75 Å². The summed E-state index contributed by atoms with van der Waals surface area (Å²) in [7, 11) is 0. The second kappa shape index (κ2) is 9.58. The highest BCUT2D eigenvalue weighted by atomic mass is 127. The van der Waals surface area contributed by atoms with E-state index in [1.165, 1.54) is 6.21 Å². The molecule has 29 heavy (non-hydrogen) atoms. The molecule has 2 N–H and O–H groups in total. The van der Waals surface area contributed by atoms with Crippen molar-refractivity contribution in [2.24, 2.45) is 5.10 Å². The van der Waals surface area contributed by atoms with Crippen LogP contribution in [0.25, 0.3) is 11.0 Å². The van der Waals surface area contributed by atoms with Crippen molar-refractivity contribution < 1.29 is 23.8 Å². The standard InChI is InChI=1S/C18H10Br3IN2O5/c19-10-1-8-3-14(29-17(8)12(20)4-10)18(27)24-23-6-9-2-11(22)5-13(21)16(9)28-7-15(25)26/h1-6H,7H2,(H,24,27)(H,25,26)/b23-6-. The fraction of sp³-hybridized carbons (Fsp3) is 0.0556. The third-order valence-corrected chi connectivity index (χ3v) is 5.77. The van der Waals surface area contributed by atoms with E-state index in [9.17, 15) is 9.59 Å². The number of furan rings is 1. The lowest BCUT2D eigenvalue weighted by Gasteiger charge is -2.10. The minimum Gasteiger partial charge on any atom is -0.480 e. The first-order valence-electron chi connectivity index (χ1n) is 7.80. The molecule has 11 heteroatoms. The minimum atomic E-state index is -1.10. The first-order valence-corrected chi connectivity index (χ1v) is 11.3. The molecule has 1 amide bonds. The smallest absolute Gasteiger partial charge is 0.341 e. The van der Waals surface area contributed by atoms with Gasteiger partial charge in [-0.1, -0.05) is 15.9 Å². The summed E-state index contributed by atoms with van der Waals surface area (Å²) >= 11 is 12.2. The summed E-state index contributed by atoms with van der Waals surface area (Å²) < 4.78 is 13.9. The maximum absolute atomic E-state index is 12.4. The van der Waals surface area contributed by atoms with Gasteiger partial charge in [0, 0.05) is 19.0 Å². The van der Waals surface area contributed by atoms with Gasteiger partial charge in [-0.15, -0.1) is 0 Å². The van der Waals surface area contributed by atoms with Gasteiger partial charge < -0.3 is 14.3 Å². The lowest BCUT2D eigenvalue weighted by atomic mass is 10.2. The molecule has 3 aromatic rings. The summed E-state index contributed by atoms with van der Waals surface area (Å²) in [4.78, 5) is 23.2. The maximum Gasteiger partial charge on any atom is 0.341 e. The molecule has 150 valence electrons. The van der Waals surface area contributed by atoms with Gasteiger partial charge in [0.05, 0.1) is 15.2 Å². The van der Waals surface area contributed by atoms with E-state index < -0.39 is 18.5 Å². The average Bonchev–Trinajstić information content (AvgIpc) is 3.05. The van der Waals surface area contributed by atoms with Crippen LogP contribution in [0.3, 0.4) is 0 Å². The number of carboxylic acids is 1. The second-order valence-electron chi connectivity index (χ2n) is 5.60. The van der Waals surface area contributed by atoms with Crippen molar-refractivity contribution in [1.82, 2.24) is 5.43 Å². The fourth-order valence-electron chi connectivity index (χ4n) is 2.37. The first kappa shape index (κ1) is 22.2. The predicted octanol–water partition coefficient (Wildman–Crippen LogP) is 5.55. The SMILES string of the molecule is O=C(O)COc1c(Br)cc(I)cc1/C=N\NC(=O)c1cc2cc(Br)cc(Br)c2o1. The fourth-order valence-corrected chi connectivity index (χ4v) is 5.37. The Labute approximate surface area is 203 Å². The van der Waals surface area contributed by atoms with Gasteiger partial charge in [0.1, 0.15) is 11.3 Å². The molecule has 2 aromatic carbocycles. The molecule has 0 aliphatic carbocycles. The van der Waals surface area contributed by atoms with Crippen molar-refractivity contribution in [2.75, 3.05) is 6.61 Å². The first-order chi connectivity index (χ1) is 13.7. The molecule has 0 spiro atoms. The number of rotatable bonds is 6. The van der Waals surface area contributed by atoms with Gasteiger partial charge >= 0.3 is 11.9 Å². The quantitative estimate of drug-likeness (QED) is 0.200. The van der Waals surface area contributed by atoms with Crippen molar-refractivity contribution in [3.8, 4) is 5.75 Å². The Morgan fingerprint density at radius 3 is 2.66 bits per heavy atom. The molecule has 0 saturated carbocycles. The zero-order valence-electron chi connectivity index (χ0n) is 14.2. The summed E-state index contributed by atoms with van der Waals surface area (Å²) in [6.07, 6.45) is 1.37. The van der Waals surface area contributed by atoms with Crippen LogP contribution in [0.4, 0.5) is 0 Å². The highest BCUT2D eigenvalue weighted by molar-refractivity contribution is 14.1. The molecular formula is C18H10Br3IN2O5. The summed E-state index contributed by atoms with van der Waals surface area (Å²) in [6, 6.07) is 8.78. The molecule has 0 radical (unpaired) electrons. The van der Waals surface area contributed by atoms with E-state index in [-0.39, 0.29) is 5.76 Å². The predicted molar refractivity (Wildman–Crippen MR) is 127 cm³/mol. The Morgan fingerprint density at radius 2 is 1.93 bits per heavy atom. The van der Waals surface area contributed by atoms with Gasteiger partial charge in [-0.3, -0.25) is 4.79 Å². The number of hydrogen-bond donors (Lipinski definition) is 2. The third kappa shape index (κ3) is 5.58. The number of benzene rings is 2. The van der Waals surface area contributed by atoms with Gasteiger partial charge in [0.25, 0.3) is 0 Å². The number of hydrazone groups is 1. The van der Waals surface area contributed by atoms with Gasteiger partial charge in [-0.2, -0.15) is 5.10 Å². The zero-order chi connectivity index (χ0) is 21.1. The molecule has 0 fully saturated rings. The molecule has 3 rings (SSSR count). The number of carbonyl (C=O) groups excluding carboxylic acids is 1. The van der Waals surface area contributed by atoms with E-state index in [1.807, 2.05) is 12.1 Å². The van der Waals surface area contributed by atoms with E-state index in [0.717, 1.165) is 13.4 Å². The van der Waals surface area contributed by atoms with Crippen LogP contribution in [0.1, 0.15) is 16.1 Å². The van der Waals surface area contributed by atoms with E-state index in [0.29, 0.717) is 25.8 Å². The molecule has 7 nitrogen and oxygen atoms in total. The van der Waals surface area contributed by atoms with Crippen molar-refractivity contribution >= 4 is 99.4 Å². The number of hydrogen-bond acceptors (Lipinski definition) is 5. The summed E-state index contributed by atoms with van der Waals surface area (Å²) in [5.74, 6) is -1.22. The molecule has 0 unspecified atom stereocenters. The van der Waals surface area contributed by atoms with E-state index in [1.54, 1.807) is 18.2 Å². The van der Waals surface area contributed by atoms with Crippen LogP contribution in [-0.4, -0.2) is 29.8 Å². The number of fused-ring (bicyclic) bond motifs is 1. The molecule has 1 heterocycles. The Balaban J connectivity index is 1.80. The highest BCUT2D eigenvalue weighted by Crippen LogP contribution is 2.32. The van der Waals surface area contributed by atoms with E-state index >= 15 is 0 Å². The van der Waals surface area contributed by atoms with Crippen molar-refractivity contribution in [3.05, 3.63) is 58.6 Å². The number of nitrogens with one attached hydrogen (secondary N) is 1. The molecule has 0 saturated heterocycles. The van der Waals surface area contributed by atoms with Crippen LogP contribution in [0.2, 0.25) is 0 Å². The van der Waals surface area contributed by atoms with E-state index in [4.69, 9.17) is 14.3 Å². The largest absolute Gasteiger partial charge is 0.480 e. The van der Waals surface area contributed by atoms with Gasteiger partial charge in [-0.05, 0) is 84.8 Å². The average molecular weight is 701 g/mol. The zero-order valence-corrected chi connectivity index (χ0v) is 21.1. The van der Waals surface area contributed by atoms with Crippen LogP contribution in [-0.2, 0) is 4.79 Å². The molecule has 0 atom stereocenters. The number of carbonyl (C=O) groups is 2.